The highest BCUT2D eigenvalue weighted by atomic mass is 35.5. The zero-order valence-electron chi connectivity index (χ0n) is 10.5. The topological polar surface area (TPSA) is 30.5 Å². The normalized spacial score (nSPS) is 22.3. The zero-order chi connectivity index (χ0) is 13.2. The maximum atomic E-state index is 13.2. The van der Waals surface area contributed by atoms with Gasteiger partial charge in [0.25, 0.3) is 0 Å². The van der Waals surface area contributed by atoms with Gasteiger partial charge in [-0.1, -0.05) is 17.7 Å². The Labute approximate surface area is 111 Å². The molecule has 0 spiro atoms. The molecule has 1 heterocycles. The summed E-state index contributed by atoms with van der Waals surface area (Å²) in [6, 6.07) is 4.80. The highest BCUT2D eigenvalue weighted by Crippen LogP contribution is 2.21. The summed E-state index contributed by atoms with van der Waals surface area (Å²) in [4.78, 5) is 0. The molecule has 100 valence electrons. The predicted molar refractivity (Wildman–Crippen MR) is 68.0 cm³/mol. The van der Waals surface area contributed by atoms with Crippen LogP contribution in [0.25, 0.3) is 0 Å². The van der Waals surface area contributed by atoms with Crippen molar-refractivity contribution in [3.8, 4) is 0 Å². The molecule has 0 aliphatic carbocycles. The van der Waals surface area contributed by atoms with Crippen LogP contribution in [-0.2, 0) is 16.0 Å². The van der Waals surface area contributed by atoms with Gasteiger partial charge in [-0.05, 0) is 31.5 Å². The van der Waals surface area contributed by atoms with Crippen LogP contribution in [0.2, 0.25) is 5.02 Å². The van der Waals surface area contributed by atoms with E-state index in [0.29, 0.717) is 19.7 Å². The Kier molecular flexibility index (Phi) is 4.22. The van der Waals surface area contributed by atoms with Crippen molar-refractivity contribution in [1.29, 1.82) is 0 Å². The van der Waals surface area contributed by atoms with E-state index in [2.05, 4.69) is 5.32 Å². The van der Waals surface area contributed by atoms with Crippen molar-refractivity contribution in [2.75, 3.05) is 13.2 Å². The fourth-order valence-corrected chi connectivity index (χ4v) is 2.01. The second-order valence-corrected chi connectivity index (χ2v) is 5.24. The third-order valence-corrected chi connectivity index (χ3v) is 3.06. The lowest BCUT2D eigenvalue weighted by molar-refractivity contribution is -0.137. The summed E-state index contributed by atoms with van der Waals surface area (Å²) < 4.78 is 24.3. The minimum Gasteiger partial charge on any atom is -0.348 e. The van der Waals surface area contributed by atoms with Gasteiger partial charge in [-0.25, -0.2) is 4.39 Å². The molecule has 1 unspecified atom stereocenters. The van der Waals surface area contributed by atoms with Crippen LogP contribution in [-0.4, -0.2) is 25.0 Å². The zero-order valence-corrected chi connectivity index (χ0v) is 11.3. The van der Waals surface area contributed by atoms with E-state index < -0.39 is 11.6 Å². The average molecular weight is 274 g/mol. The molecule has 0 aromatic heterocycles. The lowest BCUT2D eigenvalue weighted by Crippen LogP contribution is -2.30. The first-order valence-corrected chi connectivity index (χ1v) is 6.30. The fraction of sp³-hybridized carbons (Fsp3) is 0.538. The Balaban J connectivity index is 1.77. The maximum Gasteiger partial charge on any atom is 0.163 e. The number of hydrogen-bond donors (Lipinski definition) is 1. The molecule has 2 rings (SSSR count). The van der Waals surface area contributed by atoms with Gasteiger partial charge in [-0.15, -0.1) is 0 Å². The van der Waals surface area contributed by atoms with E-state index in [1.165, 1.54) is 6.07 Å². The molecule has 1 aliphatic rings. The van der Waals surface area contributed by atoms with Crippen molar-refractivity contribution >= 4 is 11.6 Å². The van der Waals surface area contributed by atoms with Crippen molar-refractivity contribution < 1.29 is 13.9 Å². The minimum atomic E-state index is -0.501. The number of ether oxygens (including phenoxy) is 2. The summed E-state index contributed by atoms with van der Waals surface area (Å²) in [5.74, 6) is -0.892. The van der Waals surface area contributed by atoms with Crippen LogP contribution in [0.1, 0.15) is 19.4 Å². The van der Waals surface area contributed by atoms with Crippen LogP contribution >= 0.6 is 11.6 Å². The van der Waals surface area contributed by atoms with Crippen molar-refractivity contribution in [2.45, 2.75) is 32.3 Å². The van der Waals surface area contributed by atoms with Gasteiger partial charge in [-0.3, -0.25) is 0 Å². The fourth-order valence-electron chi connectivity index (χ4n) is 1.89. The average Bonchev–Trinajstić information content (AvgIpc) is 2.63. The van der Waals surface area contributed by atoms with E-state index in [9.17, 15) is 4.39 Å². The van der Waals surface area contributed by atoms with E-state index in [-0.39, 0.29) is 11.1 Å². The molecule has 1 aliphatic heterocycles. The van der Waals surface area contributed by atoms with E-state index >= 15 is 0 Å². The van der Waals surface area contributed by atoms with Gasteiger partial charge in [0.2, 0.25) is 0 Å². The SMILES string of the molecule is CC1(C)OCC(CNCc2ccc(Cl)c(F)c2)O1. The second-order valence-electron chi connectivity index (χ2n) is 4.83. The Morgan fingerprint density at radius 2 is 2.28 bits per heavy atom. The standard InChI is InChI=1S/C13H17ClFNO2/c1-13(2)17-8-10(18-13)7-16-6-9-3-4-11(14)12(15)5-9/h3-5,10,16H,6-8H2,1-2H3. The van der Waals surface area contributed by atoms with Gasteiger partial charge in [0.05, 0.1) is 17.7 Å². The van der Waals surface area contributed by atoms with Crippen molar-refractivity contribution in [1.82, 2.24) is 5.32 Å². The third-order valence-electron chi connectivity index (χ3n) is 2.75. The van der Waals surface area contributed by atoms with Gasteiger partial charge >= 0.3 is 0 Å². The molecule has 1 N–H and O–H groups in total. The molecule has 1 aromatic rings. The Morgan fingerprint density at radius 3 is 2.89 bits per heavy atom. The number of benzene rings is 1. The number of halogens is 2. The maximum absolute atomic E-state index is 13.2. The summed E-state index contributed by atoms with van der Waals surface area (Å²) in [5, 5.41) is 3.36. The van der Waals surface area contributed by atoms with Gasteiger partial charge in [0.15, 0.2) is 5.79 Å². The summed E-state index contributed by atoms with van der Waals surface area (Å²) in [7, 11) is 0. The predicted octanol–water partition coefficient (Wildman–Crippen LogP) is 2.72. The molecule has 1 saturated heterocycles. The van der Waals surface area contributed by atoms with Gasteiger partial charge in [0.1, 0.15) is 5.82 Å². The van der Waals surface area contributed by atoms with Crippen LogP contribution in [0.15, 0.2) is 18.2 Å². The van der Waals surface area contributed by atoms with Crippen LogP contribution in [0.4, 0.5) is 4.39 Å². The highest BCUT2D eigenvalue weighted by Gasteiger charge is 2.32. The quantitative estimate of drug-likeness (QED) is 0.915. The first-order valence-electron chi connectivity index (χ1n) is 5.93. The van der Waals surface area contributed by atoms with Gasteiger partial charge in [0, 0.05) is 13.1 Å². The number of hydrogen-bond acceptors (Lipinski definition) is 3. The Morgan fingerprint density at radius 1 is 1.50 bits per heavy atom. The van der Waals surface area contributed by atoms with E-state index in [1.807, 2.05) is 13.8 Å². The number of rotatable bonds is 4. The lowest BCUT2D eigenvalue weighted by atomic mass is 10.2. The molecule has 5 heteroatoms. The molecular weight excluding hydrogens is 257 g/mol. The van der Waals surface area contributed by atoms with E-state index in [4.69, 9.17) is 21.1 Å². The molecule has 1 atom stereocenters. The van der Waals surface area contributed by atoms with Crippen molar-refractivity contribution in [3.05, 3.63) is 34.6 Å². The smallest absolute Gasteiger partial charge is 0.163 e. The summed E-state index contributed by atoms with van der Waals surface area (Å²) >= 11 is 5.62. The van der Waals surface area contributed by atoms with Gasteiger partial charge in [-0.2, -0.15) is 0 Å². The van der Waals surface area contributed by atoms with Gasteiger partial charge < -0.3 is 14.8 Å². The van der Waals surface area contributed by atoms with Crippen molar-refractivity contribution in [2.24, 2.45) is 0 Å². The third kappa shape index (κ3) is 3.65. The van der Waals surface area contributed by atoms with Crippen LogP contribution in [0.3, 0.4) is 0 Å². The van der Waals surface area contributed by atoms with Crippen LogP contribution in [0.5, 0.6) is 0 Å². The molecule has 3 nitrogen and oxygen atoms in total. The first kappa shape index (κ1) is 13.7. The van der Waals surface area contributed by atoms with Crippen LogP contribution < -0.4 is 5.32 Å². The van der Waals surface area contributed by atoms with E-state index in [0.717, 1.165) is 5.56 Å². The number of nitrogens with one attached hydrogen (secondary N) is 1. The largest absolute Gasteiger partial charge is 0.348 e. The summed E-state index contributed by atoms with van der Waals surface area (Å²) in [5.41, 5.74) is 0.857. The molecule has 18 heavy (non-hydrogen) atoms. The molecule has 0 bridgehead atoms. The molecular formula is C13H17ClFNO2. The Bertz CT molecular complexity index is 425. The molecule has 0 saturated carbocycles. The summed E-state index contributed by atoms with van der Waals surface area (Å²) in [6.07, 6.45) is 0.0390. The minimum absolute atomic E-state index is 0.0390. The molecule has 0 amide bonds. The highest BCUT2D eigenvalue weighted by molar-refractivity contribution is 6.30. The molecule has 1 fully saturated rings. The van der Waals surface area contributed by atoms with Crippen molar-refractivity contribution in [3.63, 3.8) is 0 Å². The molecule has 0 radical (unpaired) electrons. The van der Waals surface area contributed by atoms with Crippen LogP contribution in [0, 0.1) is 5.82 Å². The monoisotopic (exact) mass is 273 g/mol. The first-order chi connectivity index (χ1) is 8.46. The summed E-state index contributed by atoms with van der Waals surface area (Å²) in [6.45, 7) is 5.61. The lowest BCUT2D eigenvalue weighted by Gasteiger charge is -2.17. The van der Waals surface area contributed by atoms with E-state index in [1.54, 1.807) is 12.1 Å². The molecule has 1 aromatic carbocycles. The second kappa shape index (κ2) is 5.53. The Hall–Kier alpha value is -0.680.